The zero-order valence-electron chi connectivity index (χ0n) is 17.7. The summed E-state index contributed by atoms with van der Waals surface area (Å²) >= 11 is 12.8. The number of allylic oxidation sites excluding steroid dienone is 1. The van der Waals surface area contributed by atoms with E-state index in [1.807, 2.05) is 65.5 Å². The number of aromatic nitrogens is 4. The maximum absolute atomic E-state index is 6.41. The van der Waals surface area contributed by atoms with Gasteiger partial charge >= 0.3 is 0 Å². The van der Waals surface area contributed by atoms with Crippen molar-refractivity contribution in [3.8, 4) is 17.3 Å². The highest BCUT2D eigenvalue weighted by molar-refractivity contribution is 6.36. The molecular weight excluding hydrogens is 459 g/mol. The second-order valence-corrected chi connectivity index (χ2v) is 8.17. The number of hydrogen-bond donors (Lipinski definition) is 2. The lowest BCUT2D eigenvalue weighted by Gasteiger charge is -2.13. The van der Waals surface area contributed by atoms with Crippen LogP contribution in [-0.2, 0) is 6.54 Å². The fourth-order valence-corrected chi connectivity index (χ4v) is 4.17. The number of fused-ring (bicyclic) bond motifs is 1. The summed E-state index contributed by atoms with van der Waals surface area (Å²) in [5.41, 5.74) is 3.32. The van der Waals surface area contributed by atoms with Crippen molar-refractivity contribution in [2.45, 2.75) is 6.54 Å². The van der Waals surface area contributed by atoms with Crippen LogP contribution in [0.1, 0.15) is 5.56 Å². The van der Waals surface area contributed by atoms with Gasteiger partial charge in [0.25, 0.3) is 0 Å². The van der Waals surface area contributed by atoms with Crippen molar-refractivity contribution in [1.29, 1.82) is 0 Å². The fourth-order valence-electron chi connectivity index (χ4n) is 3.65. The summed E-state index contributed by atoms with van der Waals surface area (Å²) in [6.45, 7) is 1.16. The molecule has 3 heterocycles. The van der Waals surface area contributed by atoms with E-state index in [1.54, 1.807) is 13.3 Å². The second kappa shape index (κ2) is 9.13. The highest BCUT2D eigenvalue weighted by Gasteiger charge is 2.18. The van der Waals surface area contributed by atoms with Crippen LogP contribution in [-0.4, -0.2) is 33.4 Å². The maximum atomic E-state index is 6.41. The molecular formula is C24H20Cl2N6O. The van der Waals surface area contributed by atoms with Crippen molar-refractivity contribution in [2.75, 3.05) is 19.0 Å². The Balaban J connectivity index is 1.58. The van der Waals surface area contributed by atoms with Crippen LogP contribution in [0.25, 0.3) is 22.4 Å². The first-order chi connectivity index (χ1) is 16.1. The Kier molecular flexibility index (Phi) is 5.90. The molecule has 0 fully saturated rings. The molecule has 1 aliphatic heterocycles. The molecule has 0 unspecified atom stereocenters. The van der Waals surface area contributed by atoms with Crippen molar-refractivity contribution in [3.63, 3.8) is 0 Å². The summed E-state index contributed by atoms with van der Waals surface area (Å²) in [4.78, 5) is 9.27. The van der Waals surface area contributed by atoms with Crippen molar-refractivity contribution < 1.29 is 4.74 Å². The summed E-state index contributed by atoms with van der Waals surface area (Å²) in [5.74, 6) is 1.59. The summed E-state index contributed by atoms with van der Waals surface area (Å²) in [6.07, 6.45) is 7.49. The quantitative estimate of drug-likeness (QED) is 0.393. The van der Waals surface area contributed by atoms with Gasteiger partial charge in [-0.05, 0) is 36.6 Å². The lowest BCUT2D eigenvalue weighted by atomic mass is 10.2. The molecule has 5 rings (SSSR count). The van der Waals surface area contributed by atoms with Crippen LogP contribution in [0.15, 0.2) is 72.7 Å². The molecule has 0 amide bonds. The fraction of sp³-hybridized carbons (Fsp3) is 0.125. The molecule has 2 aromatic carbocycles. The number of dihydropyridines is 1. The molecule has 0 bridgehead atoms. The van der Waals surface area contributed by atoms with E-state index in [1.165, 1.54) is 0 Å². The van der Waals surface area contributed by atoms with Gasteiger partial charge in [-0.15, -0.1) is 0 Å². The van der Waals surface area contributed by atoms with Gasteiger partial charge in [0.2, 0.25) is 0 Å². The Labute approximate surface area is 200 Å². The molecule has 7 nitrogen and oxygen atoms in total. The Morgan fingerprint density at radius 3 is 2.70 bits per heavy atom. The van der Waals surface area contributed by atoms with Crippen LogP contribution < -0.4 is 15.4 Å². The molecule has 4 aromatic rings. The van der Waals surface area contributed by atoms with E-state index in [-0.39, 0.29) is 0 Å². The van der Waals surface area contributed by atoms with Gasteiger partial charge in [0.05, 0.1) is 25.4 Å². The summed E-state index contributed by atoms with van der Waals surface area (Å²) in [5, 5.41) is 13.4. The number of benzene rings is 2. The van der Waals surface area contributed by atoms with Crippen molar-refractivity contribution in [1.82, 2.24) is 25.1 Å². The van der Waals surface area contributed by atoms with Crippen LogP contribution in [0.2, 0.25) is 10.0 Å². The number of para-hydroxylation sites is 1. The van der Waals surface area contributed by atoms with Gasteiger partial charge in [0.1, 0.15) is 5.69 Å². The van der Waals surface area contributed by atoms with Gasteiger partial charge in [-0.25, -0.2) is 9.97 Å². The molecule has 1 aliphatic rings. The van der Waals surface area contributed by atoms with Crippen molar-refractivity contribution in [3.05, 3.63) is 88.3 Å². The van der Waals surface area contributed by atoms with Crippen LogP contribution in [0.4, 0.5) is 5.82 Å². The van der Waals surface area contributed by atoms with Gasteiger partial charge in [-0.2, -0.15) is 5.10 Å². The second-order valence-electron chi connectivity index (χ2n) is 7.36. The number of anilines is 1. The topological polar surface area (TPSA) is 76.9 Å². The van der Waals surface area contributed by atoms with E-state index in [0.29, 0.717) is 39.7 Å². The number of halogens is 2. The number of nitrogens with zero attached hydrogens (tertiary/aromatic N) is 4. The third-order valence-electron chi connectivity index (χ3n) is 5.30. The van der Waals surface area contributed by atoms with Crippen LogP contribution in [0.5, 0.6) is 5.75 Å². The zero-order valence-corrected chi connectivity index (χ0v) is 19.2. The maximum Gasteiger partial charge on any atom is 0.183 e. The molecule has 0 radical (unpaired) electrons. The first-order valence-corrected chi connectivity index (χ1v) is 11.1. The average molecular weight is 479 g/mol. The lowest BCUT2D eigenvalue weighted by Crippen LogP contribution is -2.13. The molecule has 0 spiro atoms. The minimum atomic E-state index is 0.422. The molecule has 0 aliphatic carbocycles. The van der Waals surface area contributed by atoms with E-state index >= 15 is 0 Å². The Morgan fingerprint density at radius 1 is 1.12 bits per heavy atom. The van der Waals surface area contributed by atoms with Gasteiger partial charge < -0.3 is 15.4 Å². The summed E-state index contributed by atoms with van der Waals surface area (Å²) < 4.78 is 7.34. The monoisotopic (exact) mass is 478 g/mol. The highest BCUT2D eigenvalue weighted by Crippen LogP contribution is 2.32. The number of methoxy groups -OCH3 is 1. The zero-order chi connectivity index (χ0) is 22.8. The molecule has 2 N–H and O–H groups in total. The first-order valence-electron chi connectivity index (χ1n) is 10.3. The molecule has 33 heavy (non-hydrogen) atoms. The SMILES string of the molecule is COc1cnc(-c2nn(Cc3c(Cl)cccc3Cl)c3ccccc23)nc1NC1=CCNC=C1. The van der Waals surface area contributed by atoms with Crippen LogP contribution in [0.3, 0.4) is 0 Å². The molecule has 0 saturated heterocycles. The molecule has 0 saturated carbocycles. The normalized spacial score (nSPS) is 13.0. The Hall–Kier alpha value is -3.55. The lowest BCUT2D eigenvalue weighted by molar-refractivity contribution is 0.413. The van der Waals surface area contributed by atoms with Crippen molar-refractivity contribution in [2.24, 2.45) is 0 Å². The van der Waals surface area contributed by atoms with Gasteiger partial charge in [-0.1, -0.05) is 47.5 Å². The van der Waals surface area contributed by atoms with Gasteiger partial charge in [0, 0.05) is 33.2 Å². The third-order valence-corrected chi connectivity index (χ3v) is 6.01. The van der Waals surface area contributed by atoms with E-state index in [2.05, 4.69) is 15.6 Å². The average Bonchev–Trinajstić information content (AvgIpc) is 3.21. The van der Waals surface area contributed by atoms with Crippen LogP contribution >= 0.6 is 23.2 Å². The summed E-state index contributed by atoms with van der Waals surface area (Å²) in [7, 11) is 1.59. The number of rotatable bonds is 6. The molecule has 166 valence electrons. The van der Waals surface area contributed by atoms with Crippen molar-refractivity contribution >= 4 is 39.9 Å². The van der Waals surface area contributed by atoms with E-state index in [9.17, 15) is 0 Å². The van der Waals surface area contributed by atoms with E-state index < -0.39 is 0 Å². The minimum Gasteiger partial charge on any atom is -0.491 e. The highest BCUT2D eigenvalue weighted by atomic mass is 35.5. The predicted molar refractivity (Wildman–Crippen MR) is 132 cm³/mol. The minimum absolute atomic E-state index is 0.422. The standard InChI is InChI=1S/C24H20Cl2N6O/c1-33-21-13-28-24(30-23(21)29-15-9-11-27-12-10-15)22-16-5-2-3-8-20(16)32(31-22)14-17-18(25)6-4-7-19(17)26/h2-11,13,27H,12,14H2,1H3,(H,28,29,30). The molecule has 0 atom stereocenters. The van der Waals surface area contributed by atoms with Gasteiger partial charge in [-0.3, -0.25) is 4.68 Å². The van der Waals surface area contributed by atoms with E-state index in [4.69, 9.17) is 38.0 Å². The third kappa shape index (κ3) is 4.25. The van der Waals surface area contributed by atoms with Crippen LogP contribution in [0, 0.1) is 0 Å². The smallest absolute Gasteiger partial charge is 0.183 e. The molecule has 2 aromatic heterocycles. The summed E-state index contributed by atoms with van der Waals surface area (Å²) in [6, 6.07) is 13.4. The predicted octanol–water partition coefficient (Wildman–Crippen LogP) is 5.27. The number of nitrogens with one attached hydrogen (secondary N) is 2. The Bertz CT molecular complexity index is 1370. The largest absolute Gasteiger partial charge is 0.491 e. The van der Waals surface area contributed by atoms with Gasteiger partial charge in [0.15, 0.2) is 17.4 Å². The number of ether oxygens (including phenoxy) is 1. The first kappa shape index (κ1) is 21.3. The molecule has 9 heteroatoms. The van der Waals surface area contributed by atoms with E-state index in [0.717, 1.165) is 28.7 Å². The Morgan fingerprint density at radius 2 is 1.94 bits per heavy atom. The number of hydrogen-bond acceptors (Lipinski definition) is 6.